The van der Waals surface area contributed by atoms with Gasteiger partial charge in [-0.2, -0.15) is 0 Å². The highest BCUT2D eigenvalue weighted by atomic mass is 35.5. The van der Waals surface area contributed by atoms with Gasteiger partial charge in [0.1, 0.15) is 0 Å². The number of rotatable bonds is 2. The number of aryl methyl sites for hydroxylation is 1. The van der Waals surface area contributed by atoms with Crippen molar-refractivity contribution in [3.05, 3.63) is 51.6 Å². The van der Waals surface area contributed by atoms with Crippen LogP contribution >= 0.6 is 23.2 Å². The predicted molar refractivity (Wildman–Crippen MR) is 70.4 cm³/mol. The molecule has 0 saturated carbocycles. The fourth-order valence-corrected chi connectivity index (χ4v) is 2.21. The van der Waals surface area contributed by atoms with E-state index in [1.165, 1.54) is 0 Å². The lowest BCUT2D eigenvalue weighted by Crippen LogP contribution is -1.92. The molecule has 4 heteroatoms. The lowest BCUT2D eigenvalue weighted by Gasteiger charge is -2.06. The normalized spacial score (nSPS) is 10.6. The van der Waals surface area contributed by atoms with E-state index in [0.717, 1.165) is 22.5 Å². The Balaban J connectivity index is 2.55. The van der Waals surface area contributed by atoms with Crippen molar-refractivity contribution in [2.24, 2.45) is 0 Å². The van der Waals surface area contributed by atoms with Gasteiger partial charge in [0.2, 0.25) is 0 Å². The van der Waals surface area contributed by atoms with Gasteiger partial charge in [0.25, 0.3) is 0 Å². The van der Waals surface area contributed by atoms with E-state index in [4.69, 9.17) is 28.3 Å². The Bertz CT molecular complexity index is 535. The fraction of sp³-hybridized carbons (Fsp3) is 0.154. The summed E-state index contributed by atoms with van der Waals surface area (Å²) >= 11 is 11.9. The van der Waals surface area contributed by atoms with Crippen LogP contribution in [0, 0.1) is 6.92 Å². The third-order valence-corrected chi connectivity index (χ3v) is 2.79. The highest BCUT2D eigenvalue weighted by Crippen LogP contribution is 2.26. The number of nitrogens with zero attached hydrogens (tertiary/aromatic N) is 1. The summed E-state index contributed by atoms with van der Waals surface area (Å²) in [6, 6.07) is 8.95. The fourth-order valence-electron chi connectivity index (χ4n) is 1.68. The van der Waals surface area contributed by atoms with Gasteiger partial charge in [0, 0.05) is 21.3 Å². The van der Waals surface area contributed by atoms with Gasteiger partial charge in [-0.1, -0.05) is 23.2 Å². The van der Waals surface area contributed by atoms with Crippen LogP contribution in [0.5, 0.6) is 0 Å². The number of hydrogen-bond acceptors (Lipinski definition) is 2. The number of pyridine rings is 1. The van der Waals surface area contributed by atoms with Crippen molar-refractivity contribution < 1.29 is 5.11 Å². The lowest BCUT2D eigenvalue weighted by atomic mass is 10.1. The van der Waals surface area contributed by atoms with E-state index in [9.17, 15) is 0 Å². The third kappa shape index (κ3) is 2.97. The van der Waals surface area contributed by atoms with E-state index >= 15 is 0 Å². The molecule has 0 aliphatic carbocycles. The summed E-state index contributed by atoms with van der Waals surface area (Å²) < 4.78 is 0. The predicted octanol–water partition coefficient (Wildman–Crippen LogP) is 3.86. The SMILES string of the molecule is Cc1cc(CO)cc(-c2cc(Cl)cc(Cl)c2)n1. The Morgan fingerprint density at radius 1 is 1.06 bits per heavy atom. The van der Waals surface area contributed by atoms with Gasteiger partial charge in [-0.3, -0.25) is 4.98 Å². The van der Waals surface area contributed by atoms with Crippen LogP contribution in [0.4, 0.5) is 0 Å². The van der Waals surface area contributed by atoms with Crippen LogP contribution in [0.3, 0.4) is 0 Å². The molecule has 0 amide bonds. The molecule has 0 saturated heterocycles. The van der Waals surface area contributed by atoms with Gasteiger partial charge in [-0.05, 0) is 42.8 Å². The zero-order valence-corrected chi connectivity index (χ0v) is 10.8. The number of benzene rings is 1. The van der Waals surface area contributed by atoms with Crippen LogP contribution in [-0.2, 0) is 6.61 Å². The van der Waals surface area contributed by atoms with E-state index in [2.05, 4.69) is 4.98 Å². The average molecular weight is 268 g/mol. The quantitative estimate of drug-likeness (QED) is 0.897. The Labute approximate surface area is 110 Å². The second-order valence-corrected chi connectivity index (χ2v) is 4.69. The molecule has 2 rings (SSSR count). The Hall–Kier alpha value is -1.09. The number of aliphatic hydroxyl groups is 1. The maximum atomic E-state index is 9.16. The standard InChI is InChI=1S/C13H11Cl2NO/c1-8-2-9(7-17)3-13(16-8)10-4-11(14)6-12(15)5-10/h2-6,17H,7H2,1H3. The largest absolute Gasteiger partial charge is 0.392 e. The Kier molecular flexibility index (Phi) is 3.67. The van der Waals surface area contributed by atoms with Gasteiger partial charge < -0.3 is 5.11 Å². The molecule has 0 aliphatic rings. The highest BCUT2D eigenvalue weighted by molar-refractivity contribution is 6.35. The molecule has 2 aromatic rings. The molecule has 1 heterocycles. The molecule has 88 valence electrons. The minimum Gasteiger partial charge on any atom is -0.392 e. The van der Waals surface area contributed by atoms with Crippen molar-refractivity contribution in [3.63, 3.8) is 0 Å². The Morgan fingerprint density at radius 2 is 1.71 bits per heavy atom. The van der Waals surface area contributed by atoms with E-state index in [1.54, 1.807) is 18.2 Å². The molecule has 0 aliphatic heterocycles. The Morgan fingerprint density at radius 3 is 2.29 bits per heavy atom. The van der Waals surface area contributed by atoms with Gasteiger partial charge >= 0.3 is 0 Å². The first-order valence-electron chi connectivity index (χ1n) is 5.13. The number of hydrogen-bond donors (Lipinski definition) is 1. The van der Waals surface area contributed by atoms with Crippen molar-refractivity contribution in [2.45, 2.75) is 13.5 Å². The number of halogens is 2. The van der Waals surface area contributed by atoms with Crippen molar-refractivity contribution in [3.8, 4) is 11.3 Å². The summed E-state index contributed by atoms with van der Waals surface area (Å²) in [5.41, 5.74) is 3.28. The summed E-state index contributed by atoms with van der Waals surface area (Å²) in [6.45, 7) is 1.87. The van der Waals surface area contributed by atoms with Gasteiger partial charge in [0.15, 0.2) is 0 Å². The second kappa shape index (κ2) is 5.05. The first kappa shape index (κ1) is 12.4. The van der Waals surface area contributed by atoms with Gasteiger partial charge in [-0.15, -0.1) is 0 Å². The van der Waals surface area contributed by atoms with Crippen molar-refractivity contribution in [1.82, 2.24) is 4.98 Å². The lowest BCUT2D eigenvalue weighted by molar-refractivity contribution is 0.281. The molecule has 1 aromatic heterocycles. The van der Waals surface area contributed by atoms with Gasteiger partial charge in [0.05, 0.1) is 12.3 Å². The topological polar surface area (TPSA) is 33.1 Å². The maximum absolute atomic E-state index is 9.16. The molecular formula is C13H11Cl2NO. The monoisotopic (exact) mass is 267 g/mol. The highest BCUT2D eigenvalue weighted by Gasteiger charge is 2.05. The summed E-state index contributed by atoms with van der Waals surface area (Å²) in [4.78, 5) is 4.41. The first-order valence-corrected chi connectivity index (χ1v) is 5.89. The summed E-state index contributed by atoms with van der Waals surface area (Å²) in [6.07, 6.45) is 0. The van der Waals surface area contributed by atoms with E-state index in [-0.39, 0.29) is 6.61 Å². The van der Waals surface area contributed by atoms with E-state index in [1.807, 2.05) is 19.1 Å². The molecular weight excluding hydrogens is 257 g/mol. The van der Waals surface area contributed by atoms with Crippen molar-refractivity contribution in [2.75, 3.05) is 0 Å². The van der Waals surface area contributed by atoms with Crippen LogP contribution in [-0.4, -0.2) is 10.1 Å². The summed E-state index contributed by atoms with van der Waals surface area (Å²) in [5.74, 6) is 0. The molecule has 0 atom stereocenters. The van der Waals surface area contributed by atoms with Crippen LogP contribution in [0.25, 0.3) is 11.3 Å². The zero-order valence-electron chi connectivity index (χ0n) is 9.24. The molecule has 1 aromatic carbocycles. The summed E-state index contributed by atoms with van der Waals surface area (Å²) in [5, 5.41) is 10.3. The molecule has 0 spiro atoms. The molecule has 0 radical (unpaired) electrons. The van der Waals surface area contributed by atoms with Crippen LogP contribution in [0.2, 0.25) is 10.0 Å². The third-order valence-electron chi connectivity index (χ3n) is 2.35. The molecule has 0 bridgehead atoms. The van der Waals surface area contributed by atoms with Gasteiger partial charge in [-0.25, -0.2) is 0 Å². The number of aromatic nitrogens is 1. The minimum absolute atomic E-state index is 0.00927. The van der Waals surface area contributed by atoms with E-state index < -0.39 is 0 Å². The van der Waals surface area contributed by atoms with Crippen molar-refractivity contribution >= 4 is 23.2 Å². The first-order chi connectivity index (χ1) is 8.08. The van der Waals surface area contributed by atoms with Crippen molar-refractivity contribution in [1.29, 1.82) is 0 Å². The second-order valence-electron chi connectivity index (χ2n) is 3.82. The molecule has 1 N–H and O–H groups in total. The zero-order chi connectivity index (χ0) is 12.4. The maximum Gasteiger partial charge on any atom is 0.0709 e. The molecule has 0 fully saturated rings. The van der Waals surface area contributed by atoms with E-state index in [0.29, 0.717) is 10.0 Å². The number of aliphatic hydroxyl groups excluding tert-OH is 1. The molecule has 2 nitrogen and oxygen atoms in total. The average Bonchev–Trinajstić information content (AvgIpc) is 2.26. The molecule has 0 unspecified atom stereocenters. The minimum atomic E-state index is -0.00927. The summed E-state index contributed by atoms with van der Waals surface area (Å²) in [7, 11) is 0. The smallest absolute Gasteiger partial charge is 0.0709 e. The van der Waals surface area contributed by atoms with Crippen LogP contribution in [0.15, 0.2) is 30.3 Å². The van der Waals surface area contributed by atoms with Crippen LogP contribution < -0.4 is 0 Å². The van der Waals surface area contributed by atoms with Crippen LogP contribution in [0.1, 0.15) is 11.3 Å². The molecule has 17 heavy (non-hydrogen) atoms.